The van der Waals surface area contributed by atoms with Gasteiger partial charge >= 0.3 is 0 Å². The van der Waals surface area contributed by atoms with E-state index < -0.39 is 0 Å². The Kier molecular flexibility index (Phi) is 4.98. The van der Waals surface area contributed by atoms with Gasteiger partial charge in [0.1, 0.15) is 0 Å². The maximum absolute atomic E-state index is 12.1. The van der Waals surface area contributed by atoms with Gasteiger partial charge in [0.15, 0.2) is 0 Å². The lowest BCUT2D eigenvalue weighted by Gasteiger charge is -2.27. The summed E-state index contributed by atoms with van der Waals surface area (Å²) in [6.07, 6.45) is 0. The maximum atomic E-state index is 12.1. The van der Waals surface area contributed by atoms with Crippen molar-refractivity contribution in [2.75, 3.05) is 38.5 Å². The summed E-state index contributed by atoms with van der Waals surface area (Å²) in [6, 6.07) is 5.31. The van der Waals surface area contributed by atoms with Gasteiger partial charge in [0.2, 0.25) is 11.8 Å². The fourth-order valence-electron chi connectivity index (χ4n) is 2.34. The normalized spacial score (nSPS) is 14.3. The Morgan fingerprint density at radius 2 is 2.14 bits per heavy atom. The van der Waals surface area contributed by atoms with E-state index in [4.69, 9.17) is 0 Å². The molecule has 3 N–H and O–H groups in total. The Hall–Kier alpha value is -2.57. The molecule has 2 rings (SSSR count). The van der Waals surface area contributed by atoms with Gasteiger partial charge in [0.25, 0.3) is 5.91 Å². The van der Waals surface area contributed by atoms with Crippen molar-refractivity contribution >= 4 is 23.4 Å². The SMILES string of the molecule is CNC(=O)c1cccc(NCC(=O)N2CCNC(=O)C2)c1C. The molecule has 1 aliphatic heterocycles. The lowest BCUT2D eigenvalue weighted by Crippen LogP contribution is -2.51. The van der Waals surface area contributed by atoms with Gasteiger partial charge in [-0.15, -0.1) is 0 Å². The molecule has 1 aromatic carbocycles. The molecule has 1 fully saturated rings. The molecule has 0 aliphatic carbocycles. The van der Waals surface area contributed by atoms with E-state index in [0.717, 1.165) is 11.3 Å². The van der Waals surface area contributed by atoms with E-state index in [2.05, 4.69) is 16.0 Å². The number of hydrogen-bond acceptors (Lipinski definition) is 4. The van der Waals surface area contributed by atoms with Crippen LogP contribution in [0.1, 0.15) is 15.9 Å². The second-order valence-corrected chi connectivity index (χ2v) is 5.08. The molecule has 0 bridgehead atoms. The summed E-state index contributed by atoms with van der Waals surface area (Å²) in [7, 11) is 1.58. The highest BCUT2D eigenvalue weighted by molar-refractivity contribution is 5.97. The number of rotatable bonds is 4. The third-order valence-electron chi connectivity index (χ3n) is 3.63. The zero-order valence-corrected chi connectivity index (χ0v) is 12.7. The molecular formula is C15H20N4O3. The fraction of sp³-hybridized carbons (Fsp3) is 0.400. The Morgan fingerprint density at radius 3 is 2.82 bits per heavy atom. The average molecular weight is 304 g/mol. The van der Waals surface area contributed by atoms with Crippen LogP contribution in [0, 0.1) is 6.92 Å². The fourth-order valence-corrected chi connectivity index (χ4v) is 2.34. The van der Waals surface area contributed by atoms with Crippen molar-refractivity contribution in [3.05, 3.63) is 29.3 Å². The zero-order chi connectivity index (χ0) is 16.1. The molecule has 1 heterocycles. The summed E-state index contributed by atoms with van der Waals surface area (Å²) < 4.78 is 0. The molecule has 7 heteroatoms. The summed E-state index contributed by atoms with van der Waals surface area (Å²) in [4.78, 5) is 36.7. The highest BCUT2D eigenvalue weighted by Crippen LogP contribution is 2.18. The lowest BCUT2D eigenvalue weighted by atomic mass is 10.1. The first-order chi connectivity index (χ1) is 10.5. The maximum Gasteiger partial charge on any atom is 0.251 e. The van der Waals surface area contributed by atoms with Gasteiger partial charge < -0.3 is 20.9 Å². The summed E-state index contributed by atoms with van der Waals surface area (Å²) in [5.41, 5.74) is 2.08. The number of carbonyl (C=O) groups excluding carboxylic acids is 3. The van der Waals surface area contributed by atoms with Crippen molar-refractivity contribution in [2.45, 2.75) is 6.92 Å². The largest absolute Gasteiger partial charge is 0.376 e. The molecule has 22 heavy (non-hydrogen) atoms. The minimum Gasteiger partial charge on any atom is -0.376 e. The Labute approximate surface area is 129 Å². The molecule has 3 amide bonds. The van der Waals surface area contributed by atoms with Gasteiger partial charge in [-0.1, -0.05) is 6.07 Å². The summed E-state index contributed by atoms with van der Waals surface area (Å²) in [5, 5.41) is 8.30. The second kappa shape index (κ2) is 6.93. The molecule has 118 valence electrons. The molecule has 0 radical (unpaired) electrons. The number of anilines is 1. The standard InChI is InChI=1S/C15H20N4O3/c1-10-11(15(22)16-2)4-3-5-12(10)18-8-14(21)19-7-6-17-13(20)9-19/h3-5,18H,6-9H2,1-2H3,(H,16,22)(H,17,20). The number of hydrogen-bond donors (Lipinski definition) is 3. The summed E-state index contributed by atoms with van der Waals surface area (Å²) in [6.45, 7) is 3.01. The first-order valence-corrected chi connectivity index (χ1v) is 7.13. The van der Waals surface area contributed by atoms with Crippen LogP contribution in [0.4, 0.5) is 5.69 Å². The smallest absolute Gasteiger partial charge is 0.251 e. The quantitative estimate of drug-likeness (QED) is 0.714. The zero-order valence-electron chi connectivity index (χ0n) is 12.7. The van der Waals surface area contributed by atoms with Crippen molar-refractivity contribution in [1.29, 1.82) is 0 Å². The van der Waals surface area contributed by atoms with Gasteiger partial charge in [0.05, 0.1) is 13.1 Å². The van der Waals surface area contributed by atoms with Gasteiger partial charge in [-0.2, -0.15) is 0 Å². The summed E-state index contributed by atoms with van der Waals surface area (Å²) >= 11 is 0. The Morgan fingerprint density at radius 1 is 1.36 bits per heavy atom. The predicted molar refractivity (Wildman–Crippen MR) is 82.6 cm³/mol. The monoisotopic (exact) mass is 304 g/mol. The van der Waals surface area contributed by atoms with E-state index in [1.807, 2.05) is 13.0 Å². The van der Waals surface area contributed by atoms with Gasteiger partial charge in [-0.05, 0) is 24.6 Å². The molecule has 0 aromatic heterocycles. The molecular weight excluding hydrogens is 284 g/mol. The molecule has 7 nitrogen and oxygen atoms in total. The molecule has 0 atom stereocenters. The molecule has 1 aliphatic rings. The van der Waals surface area contributed by atoms with Crippen LogP contribution < -0.4 is 16.0 Å². The van der Waals surface area contributed by atoms with Crippen LogP contribution in [-0.2, 0) is 9.59 Å². The number of carbonyl (C=O) groups is 3. The van der Waals surface area contributed by atoms with E-state index >= 15 is 0 Å². The van der Waals surface area contributed by atoms with Gasteiger partial charge in [-0.3, -0.25) is 14.4 Å². The molecule has 1 saturated heterocycles. The van der Waals surface area contributed by atoms with Crippen molar-refractivity contribution in [3.8, 4) is 0 Å². The molecule has 0 unspecified atom stereocenters. The number of benzene rings is 1. The van der Waals surface area contributed by atoms with E-state index in [9.17, 15) is 14.4 Å². The van der Waals surface area contributed by atoms with E-state index in [1.54, 1.807) is 19.2 Å². The van der Waals surface area contributed by atoms with Crippen molar-refractivity contribution < 1.29 is 14.4 Å². The molecule has 0 spiro atoms. The lowest BCUT2D eigenvalue weighted by molar-refractivity contribution is -0.136. The number of nitrogens with one attached hydrogen (secondary N) is 3. The van der Waals surface area contributed by atoms with Gasteiger partial charge in [-0.25, -0.2) is 0 Å². The minimum absolute atomic E-state index is 0.0886. The Bertz CT molecular complexity index is 600. The van der Waals surface area contributed by atoms with Crippen LogP contribution in [-0.4, -0.2) is 55.8 Å². The number of piperazine rings is 1. The predicted octanol–water partition coefficient (Wildman–Crippen LogP) is -0.275. The van der Waals surface area contributed by atoms with Crippen molar-refractivity contribution in [3.63, 3.8) is 0 Å². The van der Waals surface area contributed by atoms with Crippen LogP contribution in [0.25, 0.3) is 0 Å². The minimum atomic E-state index is -0.167. The van der Waals surface area contributed by atoms with Crippen LogP contribution in [0.15, 0.2) is 18.2 Å². The highest BCUT2D eigenvalue weighted by atomic mass is 16.2. The van der Waals surface area contributed by atoms with E-state index in [0.29, 0.717) is 18.7 Å². The van der Waals surface area contributed by atoms with E-state index in [1.165, 1.54) is 4.90 Å². The van der Waals surface area contributed by atoms with E-state index in [-0.39, 0.29) is 30.8 Å². The van der Waals surface area contributed by atoms with Crippen LogP contribution >= 0.6 is 0 Å². The first kappa shape index (κ1) is 15.8. The van der Waals surface area contributed by atoms with Crippen molar-refractivity contribution in [1.82, 2.24) is 15.5 Å². The Balaban J connectivity index is 2.01. The number of nitrogens with zero attached hydrogens (tertiary/aromatic N) is 1. The van der Waals surface area contributed by atoms with Crippen LogP contribution in [0.3, 0.4) is 0 Å². The molecule has 1 aromatic rings. The topological polar surface area (TPSA) is 90.5 Å². The third kappa shape index (κ3) is 3.55. The summed E-state index contributed by atoms with van der Waals surface area (Å²) in [5.74, 6) is -0.447. The highest BCUT2D eigenvalue weighted by Gasteiger charge is 2.21. The third-order valence-corrected chi connectivity index (χ3v) is 3.63. The van der Waals surface area contributed by atoms with Crippen molar-refractivity contribution in [2.24, 2.45) is 0 Å². The van der Waals surface area contributed by atoms with Crippen LogP contribution in [0.5, 0.6) is 0 Å². The van der Waals surface area contributed by atoms with Gasteiger partial charge in [0, 0.05) is 31.4 Å². The molecule has 0 saturated carbocycles. The second-order valence-electron chi connectivity index (χ2n) is 5.08. The average Bonchev–Trinajstić information content (AvgIpc) is 2.53. The number of amides is 3. The van der Waals surface area contributed by atoms with Crippen LogP contribution in [0.2, 0.25) is 0 Å². The first-order valence-electron chi connectivity index (χ1n) is 7.13.